The third-order valence-corrected chi connectivity index (χ3v) is 8.47. The van der Waals surface area contributed by atoms with Crippen molar-refractivity contribution in [2.24, 2.45) is 0 Å². The number of β-amino-alcohol motifs (C(OH)–C–C–N with tert-alkyl or cyclic N) is 1. The summed E-state index contributed by atoms with van der Waals surface area (Å²) < 4.78 is 5.23. The van der Waals surface area contributed by atoms with Gasteiger partial charge in [-0.3, -0.25) is 9.69 Å². The van der Waals surface area contributed by atoms with Crippen LogP contribution < -0.4 is 4.90 Å². The Hall–Kier alpha value is -2.45. The van der Waals surface area contributed by atoms with Crippen LogP contribution in [0.15, 0.2) is 42.5 Å². The van der Waals surface area contributed by atoms with Gasteiger partial charge in [0.25, 0.3) is 5.91 Å². The Balaban J connectivity index is 1.13. The van der Waals surface area contributed by atoms with Crippen LogP contribution in [-0.4, -0.2) is 104 Å². The van der Waals surface area contributed by atoms with Crippen molar-refractivity contribution in [2.75, 3.05) is 71.5 Å². The molecule has 37 heavy (non-hydrogen) atoms. The zero-order valence-electron chi connectivity index (χ0n) is 22.4. The van der Waals surface area contributed by atoms with Gasteiger partial charge in [-0.2, -0.15) is 0 Å². The van der Waals surface area contributed by atoms with E-state index in [0.717, 1.165) is 76.1 Å². The molecule has 0 radical (unpaired) electrons. The molecule has 2 aromatic carbocycles. The number of carbonyl (C=O) groups excluding carboxylic acids is 1. The van der Waals surface area contributed by atoms with Gasteiger partial charge in [0.2, 0.25) is 0 Å². The van der Waals surface area contributed by atoms with Gasteiger partial charge in [-0.25, -0.2) is 0 Å². The number of methoxy groups -OCH3 is 1. The minimum atomic E-state index is -0.543. The highest BCUT2D eigenvalue weighted by molar-refractivity contribution is 5.97. The van der Waals surface area contributed by atoms with Gasteiger partial charge >= 0.3 is 0 Å². The molecule has 1 unspecified atom stereocenters. The number of anilines is 1. The fourth-order valence-corrected chi connectivity index (χ4v) is 6.20. The molecule has 3 aliphatic rings. The normalized spacial score (nSPS) is 19.7. The summed E-state index contributed by atoms with van der Waals surface area (Å²) in [7, 11) is 3.95. The number of carbonyl (C=O) groups is 1. The van der Waals surface area contributed by atoms with Gasteiger partial charge < -0.3 is 24.5 Å². The van der Waals surface area contributed by atoms with Crippen LogP contribution in [0, 0.1) is 0 Å². The first-order valence-corrected chi connectivity index (χ1v) is 13.9. The van der Waals surface area contributed by atoms with E-state index >= 15 is 0 Å². The minimum absolute atomic E-state index is 0.0503. The second kappa shape index (κ2) is 11.9. The van der Waals surface area contributed by atoms with Crippen molar-refractivity contribution in [1.82, 2.24) is 14.7 Å². The summed E-state index contributed by atoms with van der Waals surface area (Å²) in [5.74, 6) is 0.0503. The molecule has 0 aliphatic carbocycles. The Morgan fingerprint density at radius 3 is 2.54 bits per heavy atom. The van der Waals surface area contributed by atoms with Crippen molar-refractivity contribution in [1.29, 1.82) is 0 Å². The molecule has 1 fully saturated rings. The lowest BCUT2D eigenvalue weighted by Crippen LogP contribution is -2.46. The zero-order chi connectivity index (χ0) is 25.8. The number of hydrogen-bond donors (Lipinski definition) is 1. The van der Waals surface area contributed by atoms with E-state index in [1.54, 1.807) is 7.11 Å². The lowest BCUT2D eigenvalue weighted by Gasteiger charge is -2.38. The molecule has 0 aromatic heterocycles. The van der Waals surface area contributed by atoms with Crippen molar-refractivity contribution in [3.63, 3.8) is 0 Å². The van der Waals surface area contributed by atoms with Gasteiger partial charge in [0.05, 0.1) is 12.7 Å². The Labute approximate surface area is 221 Å². The molecule has 3 aliphatic heterocycles. The van der Waals surface area contributed by atoms with E-state index in [-0.39, 0.29) is 5.91 Å². The van der Waals surface area contributed by atoms with Crippen LogP contribution in [-0.2, 0) is 24.1 Å². The van der Waals surface area contributed by atoms with E-state index in [2.05, 4.69) is 58.1 Å². The summed E-state index contributed by atoms with van der Waals surface area (Å²) in [6, 6.07) is 15.5. The van der Waals surface area contributed by atoms with E-state index in [0.29, 0.717) is 25.7 Å². The number of piperidine rings is 1. The van der Waals surface area contributed by atoms with E-state index in [1.165, 1.54) is 16.8 Å². The second-order valence-electron chi connectivity index (χ2n) is 10.9. The number of amides is 1. The average molecular weight is 507 g/mol. The lowest BCUT2D eigenvalue weighted by atomic mass is 9.96. The van der Waals surface area contributed by atoms with Crippen LogP contribution in [0.4, 0.5) is 5.69 Å². The van der Waals surface area contributed by atoms with Gasteiger partial charge in [0.1, 0.15) is 0 Å². The number of aliphatic hydroxyl groups is 1. The molecule has 1 amide bonds. The number of rotatable bonds is 9. The number of ether oxygens (including phenoxy) is 1. The summed E-state index contributed by atoms with van der Waals surface area (Å²) in [6.07, 6.45) is 3.60. The topological polar surface area (TPSA) is 59.5 Å². The summed E-state index contributed by atoms with van der Waals surface area (Å²) >= 11 is 0. The van der Waals surface area contributed by atoms with Gasteiger partial charge in [-0.15, -0.1) is 0 Å². The molecular weight excluding hydrogens is 464 g/mol. The summed E-state index contributed by atoms with van der Waals surface area (Å²) in [5, 5.41) is 10.8. The standard InChI is InChI=1S/C30H42N4O3/c1-31(17-18-37-2)26-11-15-33(16-12-26)27-7-8-29-24(19-27)10-14-34(30(29)36)22-28(35)21-32-13-9-23-5-3-4-6-25(23)20-32/h3-8,19,26,28,35H,9-18,20-22H2,1-2H3. The van der Waals surface area contributed by atoms with Crippen LogP contribution >= 0.6 is 0 Å². The monoisotopic (exact) mass is 506 g/mol. The number of aliphatic hydroxyl groups excluding tert-OH is 1. The third kappa shape index (κ3) is 6.17. The smallest absolute Gasteiger partial charge is 0.254 e. The number of fused-ring (bicyclic) bond motifs is 2. The Morgan fingerprint density at radius 1 is 1.00 bits per heavy atom. The molecule has 5 rings (SSSR count). The Kier molecular flexibility index (Phi) is 8.45. The molecule has 1 saturated heterocycles. The van der Waals surface area contributed by atoms with Gasteiger partial charge in [-0.05, 0) is 67.6 Å². The van der Waals surface area contributed by atoms with Crippen molar-refractivity contribution in [3.05, 3.63) is 64.7 Å². The van der Waals surface area contributed by atoms with Crippen LogP contribution in [0.3, 0.4) is 0 Å². The van der Waals surface area contributed by atoms with Gasteiger partial charge in [0, 0.05) is 76.8 Å². The molecule has 3 heterocycles. The maximum atomic E-state index is 13.3. The van der Waals surface area contributed by atoms with Crippen molar-refractivity contribution in [3.8, 4) is 0 Å². The van der Waals surface area contributed by atoms with Crippen molar-refractivity contribution < 1.29 is 14.6 Å². The highest BCUT2D eigenvalue weighted by Crippen LogP contribution is 2.28. The largest absolute Gasteiger partial charge is 0.390 e. The molecule has 0 spiro atoms. The van der Waals surface area contributed by atoms with Gasteiger partial charge in [0.15, 0.2) is 0 Å². The van der Waals surface area contributed by atoms with E-state index in [4.69, 9.17) is 4.74 Å². The van der Waals surface area contributed by atoms with E-state index in [1.807, 2.05) is 11.0 Å². The maximum Gasteiger partial charge on any atom is 0.254 e. The maximum absolute atomic E-state index is 13.3. The Bertz CT molecular complexity index is 1070. The highest BCUT2D eigenvalue weighted by Gasteiger charge is 2.29. The van der Waals surface area contributed by atoms with Crippen LogP contribution in [0.5, 0.6) is 0 Å². The number of likely N-dealkylation sites (N-methyl/N-ethyl adjacent to an activating group) is 1. The molecule has 7 nitrogen and oxygen atoms in total. The molecule has 1 atom stereocenters. The Morgan fingerprint density at radius 2 is 1.76 bits per heavy atom. The SMILES string of the molecule is COCCN(C)C1CCN(c2ccc3c(c2)CCN(CC(O)CN2CCc4ccccc4C2)C3=O)CC1. The van der Waals surface area contributed by atoms with Crippen molar-refractivity contribution >= 4 is 11.6 Å². The van der Waals surface area contributed by atoms with Crippen LogP contribution in [0.1, 0.15) is 39.9 Å². The first kappa shape index (κ1) is 26.2. The minimum Gasteiger partial charge on any atom is -0.390 e. The number of nitrogens with zero attached hydrogens (tertiary/aromatic N) is 4. The van der Waals surface area contributed by atoms with Crippen molar-refractivity contribution in [2.45, 2.75) is 44.4 Å². The lowest BCUT2D eigenvalue weighted by molar-refractivity contribution is 0.0493. The van der Waals surface area contributed by atoms with Gasteiger partial charge in [-0.1, -0.05) is 24.3 Å². The van der Waals surface area contributed by atoms with Crippen LogP contribution in [0.25, 0.3) is 0 Å². The summed E-state index contributed by atoms with van der Waals surface area (Å²) in [4.78, 5) is 22.3. The molecule has 1 N–H and O–H groups in total. The predicted octanol–water partition coefficient (Wildman–Crippen LogP) is 2.65. The predicted molar refractivity (Wildman–Crippen MR) is 147 cm³/mol. The van der Waals surface area contributed by atoms with Crippen LogP contribution in [0.2, 0.25) is 0 Å². The molecule has 200 valence electrons. The fourth-order valence-electron chi connectivity index (χ4n) is 6.20. The zero-order valence-corrected chi connectivity index (χ0v) is 22.4. The molecule has 2 aromatic rings. The molecule has 0 bridgehead atoms. The van der Waals surface area contributed by atoms with E-state index in [9.17, 15) is 9.90 Å². The quantitative estimate of drug-likeness (QED) is 0.564. The third-order valence-electron chi connectivity index (χ3n) is 8.47. The fraction of sp³-hybridized carbons (Fsp3) is 0.567. The number of hydrogen-bond acceptors (Lipinski definition) is 6. The number of benzene rings is 2. The summed E-state index contributed by atoms with van der Waals surface area (Å²) in [5.41, 5.74) is 5.92. The average Bonchev–Trinajstić information content (AvgIpc) is 2.93. The molecule has 7 heteroatoms. The first-order chi connectivity index (χ1) is 18.0. The highest BCUT2D eigenvalue weighted by atomic mass is 16.5. The van der Waals surface area contributed by atoms with E-state index < -0.39 is 6.10 Å². The molecule has 0 saturated carbocycles. The molecular formula is C30H42N4O3. The summed E-state index contributed by atoms with van der Waals surface area (Å²) in [6.45, 7) is 7.30. The first-order valence-electron chi connectivity index (χ1n) is 13.9. The second-order valence-corrected chi connectivity index (χ2v) is 10.9.